The molecule has 0 radical (unpaired) electrons. The molecule has 4 rings (SSSR count). The maximum absolute atomic E-state index is 13.8. The number of furan rings is 1. The van der Waals surface area contributed by atoms with Gasteiger partial charge in [0.1, 0.15) is 17.8 Å². The molecule has 2 aliphatic heterocycles. The van der Waals surface area contributed by atoms with Crippen LogP contribution in [-0.4, -0.2) is 59.4 Å². The van der Waals surface area contributed by atoms with E-state index in [2.05, 4.69) is 17.1 Å². The Morgan fingerprint density at radius 2 is 1.66 bits per heavy atom. The van der Waals surface area contributed by atoms with Crippen molar-refractivity contribution in [2.45, 2.75) is 83.2 Å². The molecule has 2 aliphatic rings. The number of amides is 3. The van der Waals surface area contributed by atoms with Crippen molar-refractivity contribution in [3.05, 3.63) is 54.5 Å². The summed E-state index contributed by atoms with van der Waals surface area (Å²) < 4.78 is 5.28. The number of rotatable bonds is 13. The highest BCUT2D eigenvalue weighted by molar-refractivity contribution is 5.96. The van der Waals surface area contributed by atoms with E-state index in [-0.39, 0.29) is 30.8 Å². The molecule has 8 nitrogen and oxygen atoms in total. The minimum atomic E-state index is -0.737. The molecule has 1 N–H and O–H groups in total. The maximum Gasteiger partial charge on any atom is 0.250 e. The van der Waals surface area contributed by atoms with Crippen LogP contribution >= 0.6 is 0 Å². The van der Waals surface area contributed by atoms with Crippen LogP contribution in [0, 0.1) is 0 Å². The first-order valence-electron chi connectivity index (χ1n) is 14.2. The average Bonchev–Trinajstić information content (AvgIpc) is 3.55. The highest BCUT2D eigenvalue weighted by atomic mass is 16.3. The number of hydrogen-bond donors (Lipinski definition) is 1. The molecular weight excluding hydrogens is 480 g/mol. The summed E-state index contributed by atoms with van der Waals surface area (Å²) >= 11 is 0. The fraction of sp³-hybridized carbons (Fsp3) is 0.567. The largest absolute Gasteiger partial charge is 0.467 e. The first-order valence-corrected chi connectivity index (χ1v) is 14.2. The number of para-hydroxylation sites is 1. The topological polar surface area (TPSA) is 86.1 Å². The Morgan fingerprint density at radius 1 is 0.947 bits per heavy atom. The molecule has 0 atom stereocenters. The van der Waals surface area contributed by atoms with Gasteiger partial charge in [0, 0.05) is 25.2 Å². The van der Waals surface area contributed by atoms with Crippen LogP contribution in [0.4, 0.5) is 5.69 Å². The monoisotopic (exact) mass is 522 g/mol. The molecule has 0 unspecified atom stereocenters. The molecule has 38 heavy (non-hydrogen) atoms. The highest BCUT2D eigenvalue weighted by Crippen LogP contribution is 2.39. The molecule has 8 heteroatoms. The Balaban J connectivity index is 1.34. The summed E-state index contributed by atoms with van der Waals surface area (Å²) in [4.78, 5) is 45.1. The smallest absolute Gasteiger partial charge is 0.250 e. The van der Waals surface area contributed by atoms with Crippen LogP contribution in [0.15, 0.2) is 53.1 Å². The van der Waals surface area contributed by atoms with Gasteiger partial charge < -0.3 is 24.4 Å². The number of carbonyl (C=O) groups is 3. The third-order valence-electron chi connectivity index (χ3n) is 7.89. The van der Waals surface area contributed by atoms with Crippen LogP contribution in [0.5, 0.6) is 0 Å². The lowest BCUT2D eigenvalue weighted by molar-refractivity contribution is -0.140. The second kappa shape index (κ2) is 13.5. The molecular formula is C30H42N4O4. The van der Waals surface area contributed by atoms with Gasteiger partial charge in [-0.25, -0.2) is 0 Å². The predicted octanol–water partition coefficient (Wildman–Crippen LogP) is 4.70. The fourth-order valence-electron chi connectivity index (χ4n) is 5.67. The molecule has 0 bridgehead atoms. The van der Waals surface area contributed by atoms with E-state index in [1.807, 2.05) is 35.2 Å². The summed E-state index contributed by atoms with van der Waals surface area (Å²) in [5.74, 6) is 0.608. The second-order valence-electron chi connectivity index (χ2n) is 10.5. The van der Waals surface area contributed by atoms with E-state index >= 15 is 0 Å². The molecule has 2 fully saturated rings. The first-order chi connectivity index (χ1) is 18.5. The molecule has 0 saturated carbocycles. The number of benzene rings is 1. The molecule has 1 spiro atoms. The van der Waals surface area contributed by atoms with Crippen LogP contribution in [-0.2, 0) is 20.9 Å². The fourth-order valence-corrected chi connectivity index (χ4v) is 5.67. The van der Waals surface area contributed by atoms with Gasteiger partial charge in [-0.3, -0.25) is 14.4 Å². The van der Waals surface area contributed by atoms with Crippen molar-refractivity contribution in [2.24, 2.45) is 0 Å². The lowest BCUT2D eigenvalue weighted by Gasteiger charge is -2.43. The molecule has 1 aromatic heterocycles. The van der Waals surface area contributed by atoms with Gasteiger partial charge in [-0.05, 0) is 43.5 Å². The molecule has 0 aliphatic carbocycles. The van der Waals surface area contributed by atoms with Gasteiger partial charge in [-0.15, -0.1) is 0 Å². The van der Waals surface area contributed by atoms with Gasteiger partial charge in [-0.1, -0.05) is 63.6 Å². The standard InChI is InChI=1S/C30H42N4O4/c1-2-3-4-5-6-7-11-16-28(36)32-19-17-30(18-20-32)29(37)33(24-34(30)25-13-9-8-10-14-25)23-27(35)31-22-26-15-12-21-38-26/h8-10,12-15,21H,2-7,11,16-20,22-24H2,1H3,(H,31,35). The number of carbonyl (C=O) groups excluding carboxylic acids is 3. The van der Waals surface area contributed by atoms with E-state index in [0.717, 1.165) is 18.5 Å². The van der Waals surface area contributed by atoms with E-state index in [1.54, 1.807) is 23.3 Å². The summed E-state index contributed by atoms with van der Waals surface area (Å²) in [5, 5.41) is 2.84. The van der Waals surface area contributed by atoms with Crippen LogP contribution in [0.3, 0.4) is 0 Å². The third kappa shape index (κ3) is 6.77. The van der Waals surface area contributed by atoms with Gasteiger partial charge in [-0.2, -0.15) is 0 Å². The quantitative estimate of drug-likeness (QED) is 0.385. The van der Waals surface area contributed by atoms with Crippen LogP contribution in [0.2, 0.25) is 0 Å². The van der Waals surface area contributed by atoms with Gasteiger partial charge in [0.05, 0.1) is 19.5 Å². The number of likely N-dealkylation sites (tertiary alicyclic amines) is 1. The Hall–Kier alpha value is -3.29. The minimum absolute atomic E-state index is 0.00841. The molecule has 3 amide bonds. The first kappa shape index (κ1) is 27.7. The Labute approximate surface area is 226 Å². The molecule has 2 saturated heterocycles. The second-order valence-corrected chi connectivity index (χ2v) is 10.5. The molecule has 206 valence electrons. The third-order valence-corrected chi connectivity index (χ3v) is 7.89. The van der Waals surface area contributed by atoms with E-state index in [4.69, 9.17) is 4.42 Å². The number of unbranched alkanes of at least 4 members (excludes halogenated alkanes) is 6. The van der Waals surface area contributed by atoms with E-state index in [0.29, 0.717) is 44.8 Å². The summed E-state index contributed by atoms with van der Waals surface area (Å²) in [6.07, 6.45) is 11.6. The van der Waals surface area contributed by atoms with Crippen molar-refractivity contribution in [3.63, 3.8) is 0 Å². The summed E-state index contributed by atoms with van der Waals surface area (Å²) in [6, 6.07) is 13.5. The van der Waals surface area contributed by atoms with Crippen molar-refractivity contribution in [1.82, 2.24) is 15.1 Å². The van der Waals surface area contributed by atoms with Gasteiger partial charge >= 0.3 is 0 Å². The Morgan fingerprint density at radius 3 is 2.34 bits per heavy atom. The highest BCUT2D eigenvalue weighted by Gasteiger charge is 2.54. The number of anilines is 1. The Bertz CT molecular complexity index is 1030. The Kier molecular flexibility index (Phi) is 9.85. The number of nitrogens with one attached hydrogen (secondary N) is 1. The zero-order valence-electron chi connectivity index (χ0n) is 22.7. The van der Waals surface area contributed by atoms with Crippen molar-refractivity contribution in [1.29, 1.82) is 0 Å². The summed E-state index contributed by atoms with van der Waals surface area (Å²) in [7, 11) is 0. The molecule has 3 heterocycles. The van der Waals surface area contributed by atoms with Crippen LogP contribution < -0.4 is 10.2 Å². The SMILES string of the molecule is CCCCCCCCCC(=O)N1CCC2(CC1)C(=O)N(CC(=O)NCc1ccco1)CN2c1ccccc1. The van der Waals surface area contributed by atoms with Crippen molar-refractivity contribution in [3.8, 4) is 0 Å². The normalized spacial score (nSPS) is 16.9. The summed E-state index contributed by atoms with van der Waals surface area (Å²) in [6.45, 7) is 3.97. The van der Waals surface area contributed by atoms with Gasteiger partial charge in [0.2, 0.25) is 11.8 Å². The number of nitrogens with zero attached hydrogens (tertiary/aromatic N) is 3. The molecule has 1 aromatic carbocycles. The number of piperidine rings is 1. The number of hydrogen-bond acceptors (Lipinski definition) is 5. The average molecular weight is 523 g/mol. The predicted molar refractivity (Wildman–Crippen MR) is 147 cm³/mol. The lowest BCUT2D eigenvalue weighted by atomic mass is 9.85. The lowest BCUT2D eigenvalue weighted by Crippen LogP contribution is -2.57. The zero-order valence-corrected chi connectivity index (χ0v) is 22.7. The summed E-state index contributed by atoms with van der Waals surface area (Å²) in [5.41, 5.74) is 0.223. The zero-order chi connectivity index (χ0) is 26.8. The van der Waals surface area contributed by atoms with Crippen molar-refractivity contribution < 1.29 is 18.8 Å². The van der Waals surface area contributed by atoms with E-state index < -0.39 is 5.54 Å². The van der Waals surface area contributed by atoms with E-state index in [9.17, 15) is 14.4 Å². The van der Waals surface area contributed by atoms with Gasteiger partial charge in [0.15, 0.2) is 0 Å². The maximum atomic E-state index is 13.8. The van der Waals surface area contributed by atoms with Gasteiger partial charge in [0.25, 0.3) is 5.91 Å². The van der Waals surface area contributed by atoms with Crippen LogP contribution in [0.25, 0.3) is 0 Å². The molecule has 2 aromatic rings. The van der Waals surface area contributed by atoms with Crippen molar-refractivity contribution >= 4 is 23.4 Å². The van der Waals surface area contributed by atoms with Crippen LogP contribution in [0.1, 0.15) is 76.9 Å². The van der Waals surface area contributed by atoms with E-state index in [1.165, 1.54) is 32.1 Å². The van der Waals surface area contributed by atoms with Crippen molar-refractivity contribution in [2.75, 3.05) is 31.2 Å². The minimum Gasteiger partial charge on any atom is -0.467 e.